The van der Waals surface area contributed by atoms with Crippen molar-refractivity contribution in [1.82, 2.24) is 0 Å². The maximum Gasteiger partial charge on any atom is 0.168 e. The third-order valence-electron chi connectivity index (χ3n) is 4.26. The lowest BCUT2D eigenvalue weighted by Gasteiger charge is -2.32. The maximum atomic E-state index is 12.5. The van der Waals surface area contributed by atoms with Crippen molar-refractivity contribution in [2.24, 2.45) is 17.0 Å². The van der Waals surface area contributed by atoms with Crippen molar-refractivity contribution in [2.75, 3.05) is 18.1 Å². The van der Waals surface area contributed by atoms with E-state index in [2.05, 4.69) is 5.16 Å². The number of oxime groups is 1. The van der Waals surface area contributed by atoms with Gasteiger partial charge in [-0.1, -0.05) is 12.1 Å². The lowest BCUT2D eigenvalue weighted by atomic mass is 9.77. The summed E-state index contributed by atoms with van der Waals surface area (Å²) in [5.74, 6) is 3.44. The summed E-state index contributed by atoms with van der Waals surface area (Å²) >= 11 is 1.97. The first kappa shape index (κ1) is 16.4. The molecule has 1 heterocycles. The normalized spacial score (nSPS) is 27.9. The van der Waals surface area contributed by atoms with Crippen LogP contribution in [0, 0.1) is 11.8 Å². The number of rotatable bonds is 5. The Bertz CT molecular complexity index is 439. The highest BCUT2D eigenvalue weighted by molar-refractivity contribution is 7.99. The molecule has 1 aliphatic heterocycles. The summed E-state index contributed by atoms with van der Waals surface area (Å²) in [6, 6.07) is 0. The van der Waals surface area contributed by atoms with Crippen LogP contribution < -0.4 is 0 Å². The van der Waals surface area contributed by atoms with Crippen LogP contribution in [-0.4, -0.2) is 34.7 Å². The van der Waals surface area contributed by atoms with Gasteiger partial charge in [-0.2, -0.15) is 11.8 Å². The summed E-state index contributed by atoms with van der Waals surface area (Å²) < 4.78 is 0. The molecule has 0 aromatic heterocycles. The molecule has 0 spiro atoms. The molecule has 1 aliphatic carbocycles. The van der Waals surface area contributed by atoms with Crippen LogP contribution in [0.2, 0.25) is 0 Å². The minimum Gasteiger partial charge on any atom is -0.511 e. The first-order valence-corrected chi connectivity index (χ1v) is 9.05. The molecule has 1 saturated heterocycles. The number of allylic oxidation sites excluding steroid dienone is 2. The molecule has 1 N–H and O–H groups in total. The molecule has 2 aliphatic rings. The monoisotopic (exact) mass is 311 g/mol. The molecule has 0 saturated carbocycles. The second-order valence-corrected chi connectivity index (χ2v) is 6.85. The van der Waals surface area contributed by atoms with Gasteiger partial charge in [0.2, 0.25) is 0 Å². The third kappa shape index (κ3) is 4.02. The van der Waals surface area contributed by atoms with E-state index in [0.29, 0.717) is 49.0 Å². The van der Waals surface area contributed by atoms with Crippen LogP contribution in [0.1, 0.15) is 46.0 Å². The SMILES string of the molecule is CCO/N=C(/CC)C1=C(O)CC(C2CCCSC2)CC1=O. The molecule has 0 aromatic carbocycles. The van der Waals surface area contributed by atoms with Crippen molar-refractivity contribution < 1.29 is 14.7 Å². The maximum absolute atomic E-state index is 12.5. The van der Waals surface area contributed by atoms with E-state index >= 15 is 0 Å². The fourth-order valence-electron chi connectivity index (χ4n) is 3.15. The molecule has 0 aromatic rings. The number of hydrogen-bond acceptors (Lipinski definition) is 5. The number of nitrogens with zero attached hydrogens (tertiary/aromatic N) is 1. The Morgan fingerprint density at radius 1 is 1.38 bits per heavy atom. The van der Waals surface area contributed by atoms with Crippen LogP contribution in [0.5, 0.6) is 0 Å². The number of ketones is 1. The van der Waals surface area contributed by atoms with E-state index in [-0.39, 0.29) is 11.5 Å². The predicted molar refractivity (Wildman–Crippen MR) is 86.8 cm³/mol. The van der Waals surface area contributed by atoms with Gasteiger partial charge in [-0.25, -0.2) is 0 Å². The zero-order chi connectivity index (χ0) is 15.2. The lowest BCUT2D eigenvalue weighted by Crippen LogP contribution is -2.30. The van der Waals surface area contributed by atoms with Gasteiger partial charge >= 0.3 is 0 Å². The van der Waals surface area contributed by atoms with Crippen molar-refractivity contribution in [3.05, 3.63) is 11.3 Å². The van der Waals surface area contributed by atoms with Gasteiger partial charge in [0.25, 0.3) is 0 Å². The quantitative estimate of drug-likeness (QED) is 0.621. The minimum atomic E-state index is 0.0274. The Labute approximate surface area is 131 Å². The molecular weight excluding hydrogens is 286 g/mol. The van der Waals surface area contributed by atoms with E-state index in [9.17, 15) is 9.90 Å². The fourth-order valence-corrected chi connectivity index (χ4v) is 4.43. The number of Topliss-reactive ketones (excluding diaryl/α,β-unsaturated/α-hetero) is 1. The molecule has 1 fully saturated rings. The van der Waals surface area contributed by atoms with Gasteiger partial charge in [-0.3, -0.25) is 4.79 Å². The van der Waals surface area contributed by atoms with Crippen LogP contribution in [-0.2, 0) is 9.63 Å². The van der Waals surface area contributed by atoms with Gasteiger partial charge in [0.1, 0.15) is 12.4 Å². The highest BCUT2D eigenvalue weighted by Gasteiger charge is 2.34. The Morgan fingerprint density at radius 3 is 2.76 bits per heavy atom. The molecule has 2 unspecified atom stereocenters. The summed E-state index contributed by atoms with van der Waals surface area (Å²) in [7, 11) is 0. The van der Waals surface area contributed by atoms with Crippen LogP contribution in [0.3, 0.4) is 0 Å². The number of aliphatic hydroxyl groups is 1. The van der Waals surface area contributed by atoms with E-state index in [0.717, 1.165) is 5.75 Å². The summed E-state index contributed by atoms with van der Waals surface area (Å²) in [5, 5.41) is 14.4. The standard InChI is InChI=1S/C16H25NO3S/c1-3-13(17-20-4-2)16-14(18)8-12(9-15(16)19)11-6-5-7-21-10-11/h11-12,18H,3-10H2,1-2H3/b17-13-. The summed E-state index contributed by atoms with van der Waals surface area (Å²) in [6.45, 7) is 4.24. The van der Waals surface area contributed by atoms with Crippen LogP contribution in [0.15, 0.2) is 16.5 Å². The molecule has 2 atom stereocenters. The first-order valence-electron chi connectivity index (χ1n) is 7.89. The molecule has 0 bridgehead atoms. The number of aliphatic hydroxyl groups excluding tert-OH is 1. The predicted octanol–water partition coefficient (Wildman–Crippen LogP) is 3.72. The second-order valence-electron chi connectivity index (χ2n) is 5.70. The Hall–Kier alpha value is -0.970. The van der Waals surface area contributed by atoms with Gasteiger partial charge in [-0.05, 0) is 49.5 Å². The third-order valence-corrected chi connectivity index (χ3v) is 5.50. The Kier molecular flexibility index (Phi) is 6.15. The Balaban J connectivity index is 2.14. The van der Waals surface area contributed by atoms with Gasteiger partial charge < -0.3 is 9.94 Å². The molecule has 4 nitrogen and oxygen atoms in total. The first-order chi connectivity index (χ1) is 10.2. The molecule has 2 rings (SSSR count). The van der Waals surface area contributed by atoms with Crippen molar-refractivity contribution in [3.63, 3.8) is 0 Å². The van der Waals surface area contributed by atoms with E-state index in [1.165, 1.54) is 18.6 Å². The van der Waals surface area contributed by atoms with E-state index in [4.69, 9.17) is 4.84 Å². The summed E-state index contributed by atoms with van der Waals surface area (Å²) in [5.41, 5.74) is 0.987. The van der Waals surface area contributed by atoms with Gasteiger partial charge in [-0.15, -0.1) is 0 Å². The van der Waals surface area contributed by atoms with Crippen molar-refractivity contribution in [3.8, 4) is 0 Å². The van der Waals surface area contributed by atoms with E-state index in [1.807, 2.05) is 25.6 Å². The topological polar surface area (TPSA) is 58.9 Å². The summed E-state index contributed by atoms with van der Waals surface area (Å²) in [4.78, 5) is 17.5. The van der Waals surface area contributed by atoms with E-state index < -0.39 is 0 Å². The van der Waals surface area contributed by atoms with Gasteiger partial charge in [0, 0.05) is 12.8 Å². The number of carbonyl (C=O) groups excluding carboxylic acids is 1. The number of carbonyl (C=O) groups is 1. The van der Waals surface area contributed by atoms with Crippen LogP contribution in [0.25, 0.3) is 0 Å². The van der Waals surface area contributed by atoms with Crippen LogP contribution >= 0.6 is 11.8 Å². The van der Waals surface area contributed by atoms with Crippen molar-refractivity contribution in [1.29, 1.82) is 0 Å². The molecule has 21 heavy (non-hydrogen) atoms. The second kappa shape index (κ2) is 7.87. The van der Waals surface area contributed by atoms with Crippen molar-refractivity contribution in [2.45, 2.75) is 46.0 Å². The fraction of sp³-hybridized carbons (Fsp3) is 0.750. The van der Waals surface area contributed by atoms with Gasteiger partial charge in [0.05, 0.1) is 11.3 Å². The van der Waals surface area contributed by atoms with Gasteiger partial charge in [0.15, 0.2) is 5.78 Å². The lowest BCUT2D eigenvalue weighted by molar-refractivity contribution is -0.117. The van der Waals surface area contributed by atoms with E-state index in [1.54, 1.807) is 0 Å². The average Bonchev–Trinajstić information content (AvgIpc) is 2.50. The highest BCUT2D eigenvalue weighted by Crippen LogP contribution is 2.38. The largest absolute Gasteiger partial charge is 0.511 e. The molecule has 0 radical (unpaired) electrons. The average molecular weight is 311 g/mol. The molecule has 118 valence electrons. The molecular formula is C16H25NO3S. The highest BCUT2D eigenvalue weighted by atomic mass is 32.2. The number of hydrogen-bond donors (Lipinski definition) is 1. The molecule has 0 amide bonds. The minimum absolute atomic E-state index is 0.0274. The zero-order valence-electron chi connectivity index (χ0n) is 12.9. The zero-order valence-corrected chi connectivity index (χ0v) is 13.7. The Morgan fingerprint density at radius 2 is 2.19 bits per heavy atom. The summed E-state index contributed by atoms with van der Waals surface area (Å²) in [6.07, 6.45) is 4.15. The van der Waals surface area contributed by atoms with Crippen LogP contribution in [0.4, 0.5) is 0 Å². The smallest absolute Gasteiger partial charge is 0.168 e. The number of thioether (sulfide) groups is 1. The molecule has 5 heteroatoms. The van der Waals surface area contributed by atoms with Crippen molar-refractivity contribution >= 4 is 23.3 Å².